The van der Waals surface area contributed by atoms with E-state index < -0.39 is 35.9 Å². The van der Waals surface area contributed by atoms with E-state index in [0.29, 0.717) is 22.2 Å². The van der Waals surface area contributed by atoms with Crippen LogP contribution < -0.4 is 16.0 Å². The van der Waals surface area contributed by atoms with Crippen molar-refractivity contribution in [1.29, 1.82) is 0 Å². The summed E-state index contributed by atoms with van der Waals surface area (Å²) in [6.07, 6.45) is 1.19. The first kappa shape index (κ1) is 28.7. The lowest BCUT2D eigenvalue weighted by Crippen LogP contribution is -2.46. The van der Waals surface area contributed by atoms with Gasteiger partial charge in [0.15, 0.2) is 11.6 Å². The van der Waals surface area contributed by atoms with Crippen molar-refractivity contribution in [1.82, 2.24) is 19.9 Å². The fourth-order valence-corrected chi connectivity index (χ4v) is 5.07. The number of urea groups is 1. The number of Topliss-reactive ketones (excluding diaryl/α,β-unsaturated/α-hetero) is 1. The summed E-state index contributed by atoms with van der Waals surface area (Å²) in [5.41, 5.74) is 1.36. The van der Waals surface area contributed by atoms with Gasteiger partial charge in [0.2, 0.25) is 11.8 Å². The van der Waals surface area contributed by atoms with E-state index in [9.17, 15) is 28.0 Å². The van der Waals surface area contributed by atoms with Gasteiger partial charge in [-0.1, -0.05) is 28.9 Å². The Bertz CT molecular complexity index is 1670. The molecule has 5 rings (SSSR count). The highest BCUT2D eigenvalue weighted by Crippen LogP contribution is 2.27. The van der Waals surface area contributed by atoms with E-state index in [1.165, 1.54) is 42.1 Å². The average molecular weight is 599 g/mol. The van der Waals surface area contributed by atoms with Crippen molar-refractivity contribution < 1.29 is 32.5 Å². The molecule has 0 radical (unpaired) electrons. The quantitative estimate of drug-likeness (QED) is 0.255. The second-order valence-corrected chi connectivity index (χ2v) is 10.2. The third-order valence-corrected chi connectivity index (χ3v) is 7.15. The molecule has 14 heteroatoms. The molecule has 4 amide bonds. The summed E-state index contributed by atoms with van der Waals surface area (Å²) >= 11 is 5.80. The molecule has 2 aromatic carbocycles. The molecule has 1 fully saturated rings. The molecule has 0 aliphatic carbocycles. The van der Waals surface area contributed by atoms with Crippen molar-refractivity contribution in [3.63, 3.8) is 0 Å². The Hall–Kier alpha value is -4.78. The van der Waals surface area contributed by atoms with Gasteiger partial charge >= 0.3 is 6.03 Å². The van der Waals surface area contributed by atoms with Crippen LogP contribution in [-0.2, 0) is 22.7 Å². The average Bonchev–Trinajstić information content (AvgIpc) is 3.68. The molecule has 1 aliphatic heterocycles. The van der Waals surface area contributed by atoms with Gasteiger partial charge in [-0.15, -0.1) is 0 Å². The highest BCUT2D eigenvalue weighted by molar-refractivity contribution is 6.30. The summed E-state index contributed by atoms with van der Waals surface area (Å²) in [7, 11) is 0. The van der Waals surface area contributed by atoms with Crippen LogP contribution in [0.15, 0.2) is 59.4 Å². The number of benzene rings is 2. The van der Waals surface area contributed by atoms with Crippen molar-refractivity contribution in [3.8, 4) is 0 Å². The number of amides is 4. The molecule has 1 aliphatic rings. The van der Waals surface area contributed by atoms with Crippen molar-refractivity contribution in [3.05, 3.63) is 76.9 Å². The van der Waals surface area contributed by atoms with Crippen molar-refractivity contribution >= 4 is 57.6 Å². The number of carbonyl (C=O) groups excluding carboxylic acids is 4. The van der Waals surface area contributed by atoms with Gasteiger partial charge in [0.25, 0.3) is 0 Å². The molecule has 2 aromatic heterocycles. The van der Waals surface area contributed by atoms with E-state index in [0.717, 1.165) is 4.90 Å². The smallest absolute Gasteiger partial charge is 0.324 e. The maximum Gasteiger partial charge on any atom is 0.324 e. The Labute approximate surface area is 242 Å². The Morgan fingerprint density at radius 3 is 2.69 bits per heavy atom. The van der Waals surface area contributed by atoms with Gasteiger partial charge < -0.3 is 24.6 Å². The highest BCUT2D eigenvalue weighted by Gasteiger charge is 2.39. The Morgan fingerprint density at radius 2 is 1.95 bits per heavy atom. The number of anilines is 2. The number of ketones is 1. The summed E-state index contributed by atoms with van der Waals surface area (Å²) in [6, 6.07) is 8.98. The summed E-state index contributed by atoms with van der Waals surface area (Å²) in [6.45, 7) is 0.631. The van der Waals surface area contributed by atoms with Crippen LogP contribution in [0.4, 0.5) is 25.1 Å². The van der Waals surface area contributed by atoms with Gasteiger partial charge in [0, 0.05) is 52.9 Å². The summed E-state index contributed by atoms with van der Waals surface area (Å²) in [4.78, 5) is 52.1. The number of nitrogens with zero attached hydrogens (tertiary/aromatic N) is 3. The fourth-order valence-electron chi connectivity index (χ4n) is 4.87. The van der Waals surface area contributed by atoms with Crippen LogP contribution in [0.1, 0.15) is 29.3 Å². The third-order valence-electron chi connectivity index (χ3n) is 6.86. The molecule has 3 N–H and O–H groups in total. The second kappa shape index (κ2) is 12.0. The molecule has 0 unspecified atom stereocenters. The molecule has 1 saturated heterocycles. The summed E-state index contributed by atoms with van der Waals surface area (Å²) in [5, 5.41) is 11.7. The number of hydrogen-bond acceptors (Lipinski definition) is 6. The minimum absolute atomic E-state index is 0.0927. The molecule has 0 spiro atoms. The molecule has 11 nitrogen and oxygen atoms in total. The van der Waals surface area contributed by atoms with Crippen LogP contribution in [-0.4, -0.2) is 57.0 Å². The molecule has 4 aromatic rings. The monoisotopic (exact) mass is 598 g/mol. The van der Waals surface area contributed by atoms with Gasteiger partial charge in [-0.25, -0.2) is 13.6 Å². The van der Waals surface area contributed by atoms with Gasteiger partial charge in [0.05, 0.1) is 11.6 Å². The predicted molar refractivity (Wildman–Crippen MR) is 149 cm³/mol. The number of rotatable bonds is 8. The SMILES string of the molecule is CC(=O)c1cn(CC(=O)N2C[C@H](F)C[C@H]2C(=O)NCc2cccc(Cl)c2F)c2ccc(NC(=O)Nc3ccon3)cc12. The third kappa shape index (κ3) is 6.10. The van der Waals surface area contributed by atoms with Gasteiger partial charge in [0.1, 0.15) is 30.8 Å². The normalized spacial score (nSPS) is 16.4. The van der Waals surface area contributed by atoms with Crippen LogP contribution in [0.25, 0.3) is 10.9 Å². The number of likely N-dealkylation sites (tertiary alicyclic amines) is 1. The zero-order valence-corrected chi connectivity index (χ0v) is 23.0. The lowest BCUT2D eigenvalue weighted by Gasteiger charge is -2.24. The topological polar surface area (TPSA) is 139 Å². The molecule has 42 heavy (non-hydrogen) atoms. The molecule has 2 atom stereocenters. The van der Waals surface area contributed by atoms with Gasteiger partial charge in [-0.2, -0.15) is 0 Å². The number of alkyl halides is 1. The number of hydrogen-bond donors (Lipinski definition) is 3. The van der Waals surface area contributed by atoms with E-state index in [4.69, 9.17) is 11.6 Å². The first-order valence-corrected chi connectivity index (χ1v) is 13.2. The number of nitrogens with one attached hydrogen (secondary N) is 3. The summed E-state index contributed by atoms with van der Waals surface area (Å²) in [5.74, 6) is -1.89. The van der Waals surface area contributed by atoms with Gasteiger partial charge in [-0.3, -0.25) is 19.7 Å². The van der Waals surface area contributed by atoms with E-state index >= 15 is 0 Å². The van der Waals surface area contributed by atoms with Crippen molar-refractivity contribution in [2.45, 2.75) is 38.6 Å². The second-order valence-electron chi connectivity index (χ2n) is 9.75. The minimum atomic E-state index is -1.42. The van der Waals surface area contributed by atoms with E-state index in [2.05, 4.69) is 25.6 Å². The van der Waals surface area contributed by atoms with Crippen LogP contribution in [0, 0.1) is 5.82 Å². The maximum atomic E-state index is 14.4. The van der Waals surface area contributed by atoms with Crippen LogP contribution in [0.5, 0.6) is 0 Å². The number of halogens is 3. The zero-order chi connectivity index (χ0) is 30.0. The number of aromatic nitrogens is 2. The fraction of sp³-hybridized carbons (Fsp3) is 0.250. The number of fused-ring (bicyclic) bond motifs is 1. The zero-order valence-electron chi connectivity index (χ0n) is 22.2. The molecular weight excluding hydrogens is 574 g/mol. The van der Waals surface area contributed by atoms with Crippen LogP contribution in [0.2, 0.25) is 5.02 Å². The lowest BCUT2D eigenvalue weighted by atomic mass is 10.1. The first-order valence-electron chi connectivity index (χ1n) is 12.9. The minimum Gasteiger partial charge on any atom is -0.363 e. The standard InChI is InChI=1S/C28H25ClF2N6O5/c1-15(38)20-13-36(22-6-5-18(10-19(20)22)33-28(41)34-24-7-8-42-35-24)14-25(39)37-12-17(30)9-23(37)27(40)32-11-16-3-2-4-21(29)26(16)31/h2-8,10,13,17,23H,9,11-12,14H2,1H3,(H,32,40)(H2,33,34,35,41)/t17-,23+/m1/s1. The van der Waals surface area contributed by atoms with Crippen LogP contribution in [0.3, 0.4) is 0 Å². The lowest BCUT2D eigenvalue weighted by molar-refractivity contribution is -0.139. The van der Waals surface area contributed by atoms with E-state index in [-0.39, 0.29) is 48.2 Å². The Morgan fingerprint density at radius 1 is 1.14 bits per heavy atom. The van der Waals surface area contributed by atoms with Gasteiger partial charge in [-0.05, 0) is 31.2 Å². The molecular formula is C28H25ClF2N6O5. The molecule has 0 bridgehead atoms. The summed E-state index contributed by atoms with van der Waals surface area (Å²) < 4.78 is 34.9. The van der Waals surface area contributed by atoms with Crippen LogP contribution >= 0.6 is 11.6 Å². The highest BCUT2D eigenvalue weighted by atomic mass is 35.5. The van der Waals surface area contributed by atoms with E-state index in [1.807, 2.05) is 0 Å². The first-order chi connectivity index (χ1) is 20.1. The van der Waals surface area contributed by atoms with Crippen molar-refractivity contribution in [2.75, 3.05) is 17.2 Å². The molecule has 3 heterocycles. The van der Waals surface area contributed by atoms with Crippen molar-refractivity contribution in [2.24, 2.45) is 0 Å². The molecule has 0 saturated carbocycles. The largest absolute Gasteiger partial charge is 0.363 e. The van der Waals surface area contributed by atoms with E-state index in [1.54, 1.807) is 24.3 Å². The number of carbonyl (C=O) groups is 4. The predicted octanol–water partition coefficient (Wildman–Crippen LogP) is 4.52. The maximum absolute atomic E-state index is 14.4. The molecule has 218 valence electrons. The Balaban J connectivity index is 1.31. The Kier molecular flexibility index (Phi) is 8.20.